The molecule has 2 aromatic rings. The average Bonchev–Trinajstić information content (AvgIpc) is 3.14. The standard InChI is InChI=1S/C18H22F3N3O3/c1-22-17(23-9-5-10-25-13-15-7-4-11-26-15)24-12-14-6-2-3-8-16(14)27-18(19,20)21/h2-4,6-8,11H,5,9-10,12-13H2,1H3,(H2,22,23,24). The molecule has 0 bridgehead atoms. The molecule has 2 N–H and O–H groups in total. The zero-order valence-electron chi connectivity index (χ0n) is 14.9. The second kappa shape index (κ2) is 10.5. The second-order valence-electron chi connectivity index (χ2n) is 5.49. The molecule has 0 aliphatic rings. The number of rotatable bonds is 9. The Bertz CT molecular complexity index is 703. The lowest BCUT2D eigenvalue weighted by Crippen LogP contribution is -2.37. The summed E-state index contributed by atoms with van der Waals surface area (Å²) in [6.45, 7) is 1.68. The number of aliphatic imine (C=N–C) groups is 1. The average molecular weight is 385 g/mol. The smallest absolute Gasteiger partial charge is 0.467 e. The first-order chi connectivity index (χ1) is 13.0. The van der Waals surface area contributed by atoms with E-state index in [0.717, 1.165) is 12.2 Å². The predicted molar refractivity (Wildman–Crippen MR) is 94.3 cm³/mol. The lowest BCUT2D eigenvalue weighted by atomic mass is 10.2. The summed E-state index contributed by atoms with van der Waals surface area (Å²) in [4.78, 5) is 4.04. The van der Waals surface area contributed by atoms with Crippen molar-refractivity contribution in [3.63, 3.8) is 0 Å². The quantitative estimate of drug-likeness (QED) is 0.393. The third-order valence-electron chi connectivity index (χ3n) is 3.45. The van der Waals surface area contributed by atoms with E-state index < -0.39 is 6.36 Å². The minimum Gasteiger partial charge on any atom is -0.467 e. The zero-order valence-corrected chi connectivity index (χ0v) is 14.9. The van der Waals surface area contributed by atoms with Crippen LogP contribution < -0.4 is 15.4 Å². The number of hydrogen-bond donors (Lipinski definition) is 2. The molecule has 9 heteroatoms. The van der Waals surface area contributed by atoms with Gasteiger partial charge in [-0.3, -0.25) is 4.99 Å². The molecule has 1 aromatic carbocycles. The molecule has 148 valence electrons. The minimum atomic E-state index is -4.73. The van der Waals surface area contributed by atoms with Crippen molar-refractivity contribution in [3.05, 3.63) is 54.0 Å². The summed E-state index contributed by atoms with van der Waals surface area (Å²) >= 11 is 0. The van der Waals surface area contributed by atoms with Crippen molar-refractivity contribution in [2.24, 2.45) is 4.99 Å². The molecular formula is C18H22F3N3O3. The molecule has 0 radical (unpaired) electrons. The highest BCUT2D eigenvalue weighted by Gasteiger charge is 2.31. The van der Waals surface area contributed by atoms with Gasteiger partial charge in [0.2, 0.25) is 0 Å². The first-order valence-corrected chi connectivity index (χ1v) is 8.36. The molecule has 6 nitrogen and oxygen atoms in total. The Balaban J connectivity index is 1.69. The van der Waals surface area contributed by atoms with Crippen LogP contribution in [0.4, 0.5) is 13.2 Å². The predicted octanol–water partition coefficient (Wildman–Crippen LogP) is 3.45. The lowest BCUT2D eigenvalue weighted by molar-refractivity contribution is -0.274. The summed E-state index contributed by atoms with van der Waals surface area (Å²) in [5, 5.41) is 6.03. The van der Waals surface area contributed by atoms with Crippen LogP contribution in [0.1, 0.15) is 17.7 Å². The summed E-state index contributed by atoms with van der Waals surface area (Å²) < 4.78 is 52.0. The lowest BCUT2D eigenvalue weighted by Gasteiger charge is -2.15. The molecule has 1 heterocycles. The number of alkyl halides is 3. The van der Waals surface area contributed by atoms with Crippen molar-refractivity contribution in [2.75, 3.05) is 20.2 Å². The van der Waals surface area contributed by atoms with E-state index in [4.69, 9.17) is 9.15 Å². The molecule has 0 aliphatic carbocycles. The van der Waals surface area contributed by atoms with Crippen LogP contribution in [0.5, 0.6) is 5.75 Å². The van der Waals surface area contributed by atoms with Crippen LogP contribution in [-0.4, -0.2) is 32.5 Å². The maximum atomic E-state index is 12.4. The van der Waals surface area contributed by atoms with Crippen LogP contribution in [0, 0.1) is 0 Å². The number of para-hydroxylation sites is 1. The molecule has 0 amide bonds. The van der Waals surface area contributed by atoms with Gasteiger partial charge in [-0.2, -0.15) is 0 Å². The minimum absolute atomic E-state index is 0.140. The Kier molecular flexibility index (Phi) is 8.00. The number of guanidine groups is 1. The third-order valence-corrected chi connectivity index (χ3v) is 3.45. The van der Waals surface area contributed by atoms with Crippen molar-refractivity contribution < 1.29 is 27.1 Å². The van der Waals surface area contributed by atoms with E-state index in [-0.39, 0.29) is 12.3 Å². The van der Waals surface area contributed by atoms with Crippen molar-refractivity contribution in [1.29, 1.82) is 0 Å². The van der Waals surface area contributed by atoms with Gasteiger partial charge in [0, 0.05) is 32.3 Å². The molecule has 2 rings (SSSR count). The highest BCUT2D eigenvalue weighted by atomic mass is 19.4. The molecule has 0 atom stereocenters. The van der Waals surface area contributed by atoms with Crippen molar-refractivity contribution in [2.45, 2.75) is 25.9 Å². The van der Waals surface area contributed by atoms with Crippen LogP contribution in [0.25, 0.3) is 0 Å². The first kappa shape index (κ1) is 20.6. The molecule has 0 saturated carbocycles. The van der Waals surface area contributed by atoms with Gasteiger partial charge < -0.3 is 24.5 Å². The Morgan fingerprint density at radius 2 is 1.96 bits per heavy atom. The zero-order chi connectivity index (χ0) is 19.5. The van der Waals surface area contributed by atoms with E-state index in [1.807, 2.05) is 6.07 Å². The largest absolute Gasteiger partial charge is 0.573 e. The fourth-order valence-corrected chi connectivity index (χ4v) is 2.22. The fraction of sp³-hybridized carbons (Fsp3) is 0.389. The molecule has 0 fully saturated rings. The van der Waals surface area contributed by atoms with Gasteiger partial charge in [0.15, 0.2) is 5.96 Å². The number of furan rings is 1. The van der Waals surface area contributed by atoms with Gasteiger partial charge in [-0.1, -0.05) is 18.2 Å². The highest BCUT2D eigenvalue weighted by molar-refractivity contribution is 5.79. The second-order valence-corrected chi connectivity index (χ2v) is 5.49. The van der Waals surface area contributed by atoms with Gasteiger partial charge in [0.1, 0.15) is 18.1 Å². The van der Waals surface area contributed by atoms with Crippen LogP contribution >= 0.6 is 0 Å². The molecular weight excluding hydrogens is 363 g/mol. The topological polar surface area (TPSA) is 68.0 Å². The summed E-state index contributed by atoms with van der Waals surface area (Å²) in [6, 6.07) is 9.60. The summed E-state index contributed by atoms with van der Waals surface area (Å²) in [5.74, 6) is 1.00. The van der Waals surface area contributed by atoms with Crippen molar-refractivity contribution in [3.8, 4) is 5.75 Å². The van der Waals surface area contributed by atoms with E-state index in [2.05, 4.69) is 20.4 Å². The maximum absolute atomic E-state index is 12.4. The van der Waals surface area contributed by atoms with Crippen LogP contribution in [0.2, 0.25) is 0 Å². The van der Waals surface area contributed by atoms with E-state index in [1.165, 1.54) is 12.1 Å². The molecule has 0 unspecified atom stereocenters. The highest BCUT2D eigenvalue weighted by Crippen LogP contribution is 2.25. The number of halogens is 3. The third kappa shape index (κ3) is 8.04. The van der Waals surface area contributed by atoms with Crippen molar-refractivity contribution in [1.82, 2.24) is 10.6 Å². The van der Waals surface area contributed by atoms with Gasteiger partial charge in [0.25, 0.3) is 0 Å². The van der Waals surface area contributed by atoms with Gasteiger partial charge in [0.05, 0.1) is 6.26 Å². The van der Waals surface area contributed by atoms with E-state index in [1.54, 1.807) is 31.5 Å². The molecule has 0 spiro atoms. The summed E-state index contributed by atoms with van der Waals surface area (Å²) in [7, 11) is 1.58. The maximum Gasteiger partial charge on any atom is 0.573 e. The Morgan fingerprint density at radius 3 is 2.67 bits per heavy atom. The number of nitrogens with zero attached hydrogens (tertiary/aromatic N) is 1. The monoisotopic (exact) mass is 385 g/mol. The normalized spacial score (nSPS) is 12.1. The van der Waals surface area contributed by atoms with E-state index >= 15 is 0 Å². The van der Waals surface area contributed by atoms with Gasteiger partial charge in [-0.05, 0) is 24.6 Å². The van der Waals surface area contributed by atoms with Gasteiger partial charge in [-0.25, -0.2) is 0 Å². The first-order valence-electron chi connectivity index (χ1n) is 8.36. The van der Waals surface area contributed by atoms with E-state index in [0.29, 0.717) is 31.3 Å². The number of nitrogens with one attached hydrogen (secondary N) is 2. The van der Waals surface area contributed by atoms with Crippen molar-refractivity contribution >= 4 is 5.96 Å². The Hall–Kier alpha value is -2.68. The molecule has 0 aliphatic heterocycles. The summed E-state index contributed by atoms with van der Waals surface area (Å²) in [6.07, 6.45) is -2.41. The Morgan fingerprint density at radius 1 is 1.15 bits per heavy atom. The van der Waals surface area contributed by atoms with Crippen LogP contribution in [-0.2, 0) is 17.9 Å². The van der Waals surface area contributed by atoms with Crippen LogP contribution in [0.3, 0.4) is 0 Å². The number of ether oxygens (including phenoxy) is 2. The Labute approximate surface area is 155 Å². The van der Waals surface area contributed by atoms with Crippen LogP contribution in [0.15, 0.2) is 52.1 Å². The fourth-order valence-electron chi connectivity index (χ4n) is 2.22. The number of benzene rings is 1. The molecule has 1 aromatic heterocycles. The molecule has 27 heavy (non-hydrogen) atoms. The summed E-state index contributed by atoms with van der Waals surface area (Å²) in [5.41, 5.74) is 0.375. The van der Waals surface area contributed by atoms with E-state index in [9.17, 15) is 13.2 Å². The van der Waals surface area contributed by atoms with Gasteiger partial charge >= 0.3 is 6.36 Å². The molecule has 0 saturated heterocycles. The number of hydrogen-bond acceptors (Lipinski definition) is 4. The SMILES string of the molecule is CN=C(NCCCOCc1ccco1)NCc1ccccc1OC(F)(F)F. The van der Waals surface area contributed by atoms with Gasteiger partial charge in [-0.15, -0.1) is 13.2 Å².